The molecule has 1 aromatic carbocycles. The predicted molar refractivity (Wildman–Crippen MR) is 45.6 cm³/mol. The van der Waals surface area contributed by atoms with E-state index in [9.17, 15) is 13.2 Å². The fourth-order valence-corrected chi connectivity index (χ4v) is 1.09. The lowest BCUT2D eigenvalue weighted by atomic mass is 10.1. The zero-order valence-electron chi connectivity index (χ0n) is 6.74. The molecule has 0 aliphatic carbocycles. The summed E-state index contributed by atoms with van der Waals surface area (Å²) in [5, 5.41) is 0.0346. The predicted octanol–water partition coefficient (Wildman–Crippen LogP) is 3.25. The van der Waals surface area contributed by atoms with Crippen LogP contribution in [0.4, 0.5) is 18.9 Å². The lowest BCUT2D eigenvalue weighted by Gasteiger charge is -2.10. The molecule has 0 aliphatic rings. The molecular weight excluding hydrogens is 203 g/mol. The molecule has 0 heterocycles. The van der Waals surface area contributed by atoms with Crippen LogP contribution in [-0.4, -0.2) is 0 Å². The standard InChI is InChI=1S/C8H7ClF3N/c1-4-6(9)2-5(3-7(4)13)8(10,11)12/h2-3H,13H2,1H3. The molecule has 0 fully saturated rings. The Morgan fingerprint density at radius 3 is 2.23 bits per heavy atom. The Balaban J connectivity index is 3.29. The van der Waals surface area contributed by atoms with Crippen LogP contribution in [-0.2, 0) is 6.18 Å². The quantitative estimate of drug-likeness (QED) is 0.652. The van der Waals surface area contributed by atoms with E-state index >= 15 is 0 Å². The normalized spacial score (nSPS) is 11.8. The molecule has 72 valence electrons. The number of rotatable bonds is 0. The number of hydrogen-bond acceptors (Lipinski definition) is 1. The van der Waals surface area contributed by atoms with Gasteiger partial charge in [-0.2, -0.15) is 13.2 Å². The smallest absolute Gasteiger partial charge is 0.398 e. The van der Waals surface area contributed by atoms with Gasteiger partial charge >= 0.3 is 6.18 Å². The highest BCUT2D eigenvalue weighted by Crippen LogP contribution is 2.34. The number of hydrogen-bond donors (Lipinski definition) is 1. The second kappa shape index (κ2) is 3.10. The summed E-state index contributed by atoms with van der Waals surface area (Å²) in [4.78, 5) is 0. The lowest BCUT2D eigenvalue weighted by molar-refractivity contribution is -0.137. The van der Waals surface area contributed by atoms with Crippen molar-refractivity contribution in [2.24, 2.45) is 0 Å². The van der Waals surface area contributed by atoms with Gasteiger partial charge in [-0.05, 0) is 24.6 Å². The van der Waals surface area contributed by atoms with E-state index < -0.39 is 11.7 Å². The van der Waals surface area contributed by atoms with Crippen LogP contribution in [0.15, 0.2) is 12.1 Å². The van der Waals surface area contributed by atoms with Gasteiger partial charge in [0, 0.05) is 10.7 Å². The number of nitrogen functional groups attached to an aromatic ring is 1. The third-order valence-electron chi connectivity index (χ3n) is 1.71. The van der Waals surface area contributed by atoms with Gasteiger partial charge in [-0.3, -0.25) is 0 Å². The maximum absolute atomic E-state index is 12.2. The maximum Gasteiger partial charge on any atom is 0.416 e. The topological polar surface area (TPSA) is 26.0 Å². The van der Waals surface area contributed by atoms with E-state index in [1.54, 1.807) is 6.92 Å². The van der Waals surface area contributed by atoms with Gasteiger partial charge in [0.1, 0.15) is 0 Å². The molecule has 5 heteroatoms. The number of anilines is 1. The molecule has 0 unspecified atom stereocenters. The first kappa shape index (κ1) is 10.2. The first-order valence-corrected chi connectivity index (χ1v) is 3.83. The maximum atomic E-state index is 12.2. The van der Waals surface area contributed by atoms with E-state index in [4.69, 9.17) is 17.3 Å². The summed E-state index contributed by atoms with van der Waals surface area (Å²) < 4.78 is 36.5. The fraction of sp³-hybridized carbons (Fsp3) is 0.250. The van der Waals surface area contributed by atoms with Crippen LogP contribution in [0.3, 0.4) is 0 Å². The van der Waals surface area contributed by atoms with Crippen LogP contribution in [0.2, 0.25) is 5.02 Å². The number of nitrogens with two attached hydrogens (primary N) is 1. The molecule has 0 amide bonds. The average molecular weight is 210 g/mol. The van der Waals surface area contributed by atoms with Crippen LogP contribution in [0.5, 0.6) is 0 Å². The highest BCUT2D eigenvalue weighted by atomic mass is 35.5. The largest absolute Gasteiger partial charge is 0.416 e. The number of halogens is 4. The minimum atomic E-state index is -4.40. The van der Waals surface area contributed by atoms with Crippen molar-refractivity contribution in [1.29, 1.82) is 0 Å². The number of alkyl halides is 3. The van der Waals surface area contributed by atoms with Crippen LogP contribution in [0, 0.1) is 6.92 Å². The van der Waals surface area contributed by atoms with E-state index in [1.165, 1.54) is 0 Å². The van der Waals surface area contributed by atoms with Crippen molar-refractivity contribution in [3.63, 3.8) is 0 Å². The molecule has 0 atom stereocenters. The molecule has 1 rings (SSSR count). The van der Waals surface area contributed by atoms with Gasteiger partial charge < -0.3 is 5.73 Å². The minimum absolute atomic E-state index is 0.0346. The van der Waals surface area contributed by atoms with Gasteiger partial charge in [0.25, 0.3) is 0 Å². The molecule has 0 aromatic heterocycles. The van der Waals surface area contributed by atoms with E-state index in [0.717, 1.165) is 12.1 Å². The molecule has 1 aromatic rings. The van der Waals surface area contributed by atoms with Gasteiger partial charge in [0.2, 0.25) is 0 Å². The summed E-state index contributed by atoms with van der Waals surface area (Å²) in [7, 11) is 0. The van der Waals surface area contributed by atoms with Gasteiger partial charge in [0.05, 0.1) is 5.56 Å². The zero-order chi connectivity index (χ0) is 10.2. The summed E-state index contributed by atoms with van der Waals surface area (Å²) in [6, 6.07) is 1.74. The monoisotopic (exact) mass is 209 g/mol. The summed E-state index contributed by atoms with van der Waals surface area (Å²) in [6.45, 7) is 1.57. The Morgan fingerprint density at radius 1 is 1.31 bits per heavy atom. The molecule has 13 heavy (non-hydrogen) atoms. The Kier molecular flexibility index (Phi) is 2.43. The van der Waals surface area contributed by atoms with Crippen LogP contribution in [0.1, 0.15) is 11.1 Å². The van der Waals surface area contributed by atoms with Crippen molar-refractivity contribution in [2.45, 2.75) is 13.1 Å². The second-order valence-electron chi connectivity index (χ2n) is 2.67. The van der Waals surface area contributed by atoms with Crippen LogP contribution < -0.4 is 5.73 Å². The second-order valence-corrected chi connectivity index (χ2v) is 3.08. The van der Waals surface area contributed by atoms with Gasteiger partial charge in [0.15, 0.2) is 0 Å². The molecular formula is C8H7ClF3N. The minimum Gasteiger partial charge on any atom is -0.398 e. The highest BCUT2D eigenvalue weighted by Gasteiger charge is 2.31. The molecule has 0 spiro atoms. The van der Waals surface area contributed by atoms with Crippen molar-refractivity contribution in [1.82, 2.24) is 0 Å². The Hall–Kier alpha value is -0.900. The molecule has 0 aliphatic heterocycles. The lowest BCUT2D eigenvalue weighted by Crippen LogP contribution is -2.06. The zero-order valence-corrected chi connectivity index (χ0v) is 7.50. The Morgan fingerprint density at radius 2 is 1.85 bits per heavy atom. The van der Waals surface area contributed by atoms with Crippen molar-refractivity contribution in [3.05, 3.63) is 28.3 Å². The van der Waals surface area contributed by atoms with Crippen LogP contribution >= 0.6 is 11.6 Å². The van der Waals surface area contributed by atoms with Crippen LogP contribution in [0.25, 0.3) is 0 Å². The fourth-order valence-electron chi connectivity index (χ4n) is 0.864. The SMILES string of the molecule is Cc1c(N)cc(C(F)(F)F)cc1Cl. The summed E-state index contributed by atoms with van der Waals surface area (Å²) in [5.41, 5.74) is 5.04. The molecule has 0 saturated heterocycles. The Labute approximate surface area is 78.3 Å². The van der Waals surface area contributed by atoms with E-state index in [0.29, 0.717) is 5.56 Å². The van der Waals surface area contributed by atoms with Crippen molar-refractivity contribution < 1.29 is 13.2 Å². The first-order chi connectivity index (χ1) is 5.82. The van der Waals surface area contributed by atoms with Gasteiger partial charge in [-0.1, -0.05) is 11.6 Å². The van der Waals surface area contributed by atoms with Gasteiger partial charge in [-0.25, -0.2) is 0 Å². The average Bonchev–Trinajstić information content (AvgIpc) is 1.97. The molecule has 1 nitrogen and oxygen atoms in total. The third-order valence-corrected chi connectivity index (χ3v) is 2.10. The molecule has 0 radical (unpaired) electrons. The summed E-state index contributed by atoms with van der Waals surface area (Å²) in [5.74, 6) is 0. The summed E-state index contributed by atoms with van der Waals surface area (Å²) in [6.07, 6.45) is -4.40. The Bertz CT molecular complexity index is 310. The highest BCUT2D eigenvalue weighted by molar-refractivity contribution is 6.31. The summed E-state index contributed by atoms with van der Waals surface area (Å²) >= 11 is 5.55. The third kappa shape index (κ3) is 2.06. The molecule has 0 bridgehead atoms. The van der Waals surface area contributed by atoms with Crippen molar-refractivity contribution >= 4 is 17.3 Å². The van der Waals surface area contributed by atoms with Gasteiger partial charge in [-0.15, -0.1) is 0 Å². The first-order valence-electron chi connectivity index (χ1n) is 3.45. The number of benzene rings is 1. The van der Waals surface area contributed by atoms with Crippen molar-refractivity contribution in [2.75, 3.05) is 5.73 Å². The van der Waals surface area contributed by atoms with E-state index in [-0.39, 0.29) is 10.7 Å². The van der Waals surface area contributed by atoms with E-state index in [1.807, 2.05) is 0 Å². The molecule has 0 saturated carbocycles. The molecule has 2 N–H and O–H groups in total. The van der Waals surface area contributed by atoms with Crippen molar-refractivity contribution in [3.8, 4) is 0 Å². The van der Waals surface area contributed by atoms with E-state index in [2.05, 4.69) is 0 Å².